The monoisotopic (exact) mass is 340 g/mol. The van der Waals surface area contributed by atoms with Gasteiger partial charge in [0.05, 0.1) is 0 Å². The number of hydrogen-bond donors (Lipinski definition) is 1. The Balaban J connectivity index is 1.98. The zero-order valence-electron chi connectivity index (χ0n) is 14.9. The van der Waals surface area contributed by atoms with Gasteiger partial charge in [-0.05, 0) is 30.9 Å². The third-order valence-electron chi connectivity index (χ3n) is 5.10. The van der Waals surface area contributed by atoms with Gasteiger partial charge in [0.15, 0.2) is 5.96 Å². The first-order valence-electron chi connectivity index (χ1n) is 8.79. The van der Waals surface area contributed by atoms with Crippen molar-refractivity contribution in [2.45, 2.75) is 38.5 Å². The van der Waals surface area contributed by atoms with E-state index < -0.39 is 0 Å². The van der Waals surface area contributed by atoms with Crippen LogP contribution >= 0.6 is 11.8 Å². The van der Waals surface area contributed by atoms with Crippen molar-refractivity contribution in [1.29, 1.82) is 0 Å². The van der Waals surface area contributed by atoms with Gasteiger partial charge in [0.25, 0.3) is 0 Å². The fourth-order valence-corrected chi connectivity index (χ4v) is 3.95. The molecule has 132 valence electrons. The molecule has 1 aliphatic heterocycles. The predicted molar refractivity (Wildman–Crippen MR) is 99.1 cm³/mol. The molecule has 0 unspecified atom stereocenters. The lowest BCUT2D eigenvalue weighted by Gasteiger charge is -2.33. The molecule has 2 fully saturated rings. The second kappa shape index (κ2) is 8.81. The number of thioether (sulfide) groups is 1. The highest BCUT2D eigenvalue weighted by molar-refractivity contribution is 7.98. The number of likely N-dealkylation sites (tertiary alicyclic amines) is 1. The van der Waals surface area contributed by atoms with Gasteiger partial charge in [-0.1, -0.05) is 19.3 Å². The highest BCUT2D eigenvalue weighted by atomic mass is 32.2. The van der Waals surface area contributed by atoms with Crippen LogP contribution in [0.1, 0.15) is 38.5 Å². The Bertz CT molecular complexity index is 419. The molecule has 1 spiro atoms. The Morgan fingerprint density at radius 3 is 2.65 bits per heavy atom. The van der Waals surface area contributed by atoms with Gasteiger partial charge in [-0.15, -0.1) is 0 Å². The van der Waals surface area contributed by atoms with E-state index in [1.165, 1.54) is 38.5 Å². The summed E-state index contributed by atoms with van der Waals surface area (Å²) < 4.78 is 0. The Morgan fingerprint density at radius 1 is 1.26 bits per heavy atom. The van der Waals surface area contributed by atoms with Crippen LogP contribution in [-0.4, -0.2) is 73.9 Å². The maximum absolute atomic E-state index is 11.9. The molecule has 23 heavy (non-hydrogen) atoms. The van der Waals surface area contributed by atoms with Crippen molar-refractivity contribution in [2.24, 2.45) is 10.4 Å². The van der Waals surface area contributed by atoms with E-state index in [1.54, 1.807) is 19.0 Å². The third-order valence-corrected chi connectivity index (χ3v) is 5.72. The van der Waals surface area contributed by atoms with Gasteiger partial charge >= 0.3 is 0 Å². The molecule has 0 aromatic rings. The van der Waals surface area contributed by atoms with E-state index in [1.807, 2.05) is 11.8 Å². The molecule has 0 atom stereocenters. The number of hydrogen-bond acceptors (Lipinski definition) is 3. The van der Waals surface area contributed by atoms with Crippen molar-refractivity contribution in [3.63, 3.8) is 0 Å². The first-order valence-corrected chi connectivity index (χ1v) is 10.2. The van der Waals surface area contributed by atoms with Gasteiger partial charge in [0, 0.05) is 39.5 Å². The zero-order chi connectivity index (χ0) is 16.7. The van der Waals surface area contributed by atoms with Gasteiger partial charge < -0.3 is 15.1 Å². The Hall–Kier alpha value is -0.910. The van der Waals surface area contributed by atoms with Crippen molar-refractivity contribution >= 4 is 23.6 Å². The topological polar surface area (TPSA) is 47.9 Å². The summed E-state index contributed by atoms with van der Waals surface area (Å²) in [5, 5.41) is 3.46. The summed E-state index contributed by atoms with van der Waals surface area (Å²) in [7, 11) is 3.57. The van der Waals surface area contributed by atoms with Crippen LogP contribution in [0, 0.1) is 5.41 Å². The average Bonchev–Trinajstić information content (AvgIpc) is 2.94. The second-order valence-electron chi connectivity index (χ2n) is 7.08. The Labute approximate surface area is 145 Å². The standard InChI is InChI=1S/C17H32N4OS/c1-20(2)15(22)13-19-16(18-10-12-23-3)21-11-9-17(14-21)7-5-4-6-8-17/h4-14H2,1-3H3,(H,18,19). The van der Waals surface area contributed by atoms with Crippen molar-refractivity contribution < 1.29 is 4.79 Å². The summed E-state index contributed by atoms with van der Waals surface area (Å²) in [6.07, 6.45) is 10.2. The van der Waals surface area contributed by atoms with E-state index in [-0.39, 0.29) is 12.5 Å². The molecule has 1 aliphatic carbocycles. The first-order chi connectivity index (χ1) is 11.1. The molecule has 2 rings (SSSR count). The Morgan fingerprint density at radius 2 is 2.00 bits per heavy atom. The van der Waals surface area contributed by atoms with Crippen molar-refractivity contribution in [3.8, 4) is 0 Å². The van der Waals surface area contributed by atoms with E-state index >= 15 is 0 Å². The molecule has 0 aromatic carbocycles. The minimum Gasteiger partial charge on any atom is -0.355 e. The van der Waals surface area contributed by atoms with Crippen molar-refractivity contribution in [2.75, 3.05) is 52.3 Å². The van der Waals surface area contributed by atoms with Crippen LogP contribution in [0.3, 0.4) is 0 Å². The third kappa shape index (κ3) is 5.30. The molecule has 0 bridgehead atoms. The maximum atomic E-state index is 11.9. The smallest absolute Gasteiger partial charge is 0.243 e. The summed E-state index contributed by atoms with van der Waals surface area (Å²) in [5.41, 5.74) is 0.506. The van der Waals surface area contributed by atoms with Crippen molar-refractivity contribution in [3.05, 3.63) is 0 Å². The highest BCUT2D eigenvalue weighted by Crippen LogP contribution is 2.43. The lowest BCUT2D eigenvalue weighted by molar-refractivity contribution is -0.127. The van der Waals surface area contributed by atoms with Crippen LogP contribution in [0.2, 0.25) is 0 Å². The van der Waals surface area contributed by atoms with E-state index in [0.29, 0.717) is 5.41 Å². The molecule has 1 saturated carbocycles. The van der Waals surface area contributed by atoms with Gasteiger partial charge in [-0.2, -0.15) is 11.8 Å². The fraction of sp³-hybridized carbons (Fsp3) is 0.882. The number of nitrogens with zero attached hydrogens (tertiary/aromatic N) is 3. The minimum absolute atomic E-state index is 0.0562. The summed E-state index contributed by atoms with van der Waals surface area (Å²) in [4.78, 5) is 20.5. The van der Waals surface area contributed by atoms with E-state index in [0.717, 1.165) is 31.3 Å². The number of nitrogens with one attached hydrogen (secondary N) is 1. The van der Waals surface area contributed by atoms with E-state index in [9.17, 15) is 4.79 Å². The zero-order valence-corrected chi connectivity index (χ0v) is 15.8. The minimum atomic E-state index is 0.0562. The highest BCUT2D eigenvalue weighted by Gasteiger charge is 2.39. The van der Waals surface area contributed by atoms with Gasteiger partial charge in [-0.3, -0.25) is 4.79 Å². The second-order valence-corrected chi connectivity index (χ2v) is 8.07. The summed E-state index contributed by atoms with van der Waals surface area (Å²) >= 11 is 1.83. The number of guanidine groups is 1. The summed E-state index contributed by atoms with van der Waals surface area (Å²) in [6.45, 7) is 3.31. The van der Waals surface area contributed by atoms with E-state index in [2.05, 4.69) is 21.5 Å². The maximum Gasteiger partial charge on any atom is 0.243 e. The molecule has 6 heteroatoms. The molecule has 5 nitrogen and oxygen atoms in total. The fourth-order valence-electron chi connectivity index (χ4n) is 3.64. The van der Waals surface area contributed by atoms with Crippen LogP contribution in [0.5, 0.6) is 0 Å². The lowest BCUT2D eigenvalue weighted by atomic mass is 9.73. The quantitative estimate of drug-likeness (QED) is 0.473. The molecule has 0 radical (unpaired) electrons. The molecular formula is C17H32N4OS. The Kier molecular flexibility index (Phi) is 7.06. The molecule has 2 aliphatic rings. The largest absolute Gasteiger partial charge is 0.355 e. The van der Waals surface area contributed by atoms with Crippen LogP contribution < -0.4 is 5.32 Å². The molecule has 1 saturated heterocycles. The number of amides is 1. The number of aliphatic imine (C=N–C) groups is 1. The summed E-state index contributed by atoms with van der Waals surface area (Å²) in [6, 6.07) is 0. The SMILES string of the molecule is CSCCNC(=NCC(=O)N(C)C)N1CCC2(CCCCC2)C1. The van der Waals surface area contributed by atoms with E-state index in [4.69, 9.17) is 0 Å². The van der Waals surface area contributed by atoms with Crippen molar-refractivity contribution in [1.82, 2.24) is 15.1 Å². The van der Waals surface area contributed by atoms with Gasteiger partial charge in [0.1, 0.15) is 6.54 Å². The molecular weight excluding hydrogens is 308 g/mol. The number of carbonyl (C=O) groups excluding carboxylic acids is 1. The normalized spacial score (nSPS) is 20.8. The predicted octanol–water partition coefficient (Wildman–Crippen LogP) is 2.04. The number of carbonyl (C=O) groups is 1. The summed E-state index contributed by atoms with van der Waals surface area (Å²) in [5.74, 6) is 2.04. The van der Waals surface area contributed by atoms with Crippen LogP contribution in [0.4, 0.5) is 0 Å². The molecule has 0 aromatic heterocycles. The van der Waals surface area contributed by atoms with Gasteiger partial charge in [-0.25, -0.2) is 4.99 Å². The van der Waals surface area contributed by atoms with Crippen LogP contribution in [-0.2, 0) is 4.79 Å². The van der Waals surface area contributed by atoms with Crippen LogP contribution in [0.15, 0.2) is 4.99 Å². The molecule has 1 amide bonds. The molecule has 1 heterocycles. The van der Waals surface area contributed by atoms with Gasteiger partial charge in [0.2, 0.25) is 5.91 Å². The lowest BCUT2D eigenvalue weighted by Crippen LogP contribution is -2.43. The first kappa shape index (κ1) is 18.4. The van der Waals surface area contributed by atoms with Crippen LogP contribution in [0.25, 0.3) is 0 Å². The number of rotatable bonds is 5. The molecule has 1 N–H and O–H groups in total. The number of likely N-dealkylation sites (N-methyl/N-ethyl adjacent to an activating group) is 1. The average molecular weight is 341 g/mol.